The number of nitriles is 1. The normalized spacial score (nSPS) is 16.7. The van der Waals surface area contributed by atoms with E-state index in [0.717, 1.165) is 0 Å². The maximum Gasteiger partial charge on any atom is 0.345 e. The Balaban J connectivity index is 2.00. The lowest BCUT2D eigenvalue weighted by Crippen LogP contribution is -2.42. The summed E-state index contributed by atoms with van der Waals surface area (Å²) in [5, 5.41) is 18.5. The molecule has 1 aromatic carbocycles. The Labute approximate surface area is 155 Å². The number of carboxylic acid groups (broad SMARTS) is 1. The molecule has 1 amide bonds. The standard InChI is InChI=1S/C18H17N5O4/c1-23-9-12(5-6-13(23)24)27-17-14(18(25)26)15(20)21-16(22-17)11-4-2-3-10(7-11)8-19/h2-4,7,12H,5-6,9H2,1H3,(H,25,26)(H2,20,21,22). The minimum absolute atomic E-state index is 0.00418. The zero-order valence-electron chi connectivity index (χ0n) is 14.5. The number of aromatic nitrogens is 2. The van der Waals surface area contributed by atoms with Crippen molar-refractivity contribution in [3.05, 3.63) is 35.4 Å². The van der Waals surface area contributed by atoms with Crippen LogP contribution in [0.3, 0.4) is 0 Å². The summed E-state index contributed by atoms with van der Waals surface area (Å²) in [5.74, 6) is -1.53. The van der Waals surface area contributed by atoms with E-state index in [9.17, 15) is 14.7 Å². The molecule has 0 spiro atoms. The average Bonchev–Trinajstić information content (AvgIpc) is 2.64. The number of amides is 1. The Kier molecular flexibility index (Phi) is 4.90. The van der Waals surface area contributed by atoms with Crippen LogP contribution in [0.1, 0.15) is 28.8 Å². The number of carboxylic acids is 1. The SMILES string of the molecule is CN1CC(Oc2nc(-c3cccc(C#N)c3)nc(N)c2C(=O)O)CCC1=O. The Bertz CT molecular complexity index is 953. The summed E-state index contributed by atoms with van der Waals surface area (Å²) in [4.78, 5) is 33.0. The highest BCUT2D eigenvalue weighted by Crippen LogP contribution is 2.28. The van der Waals surface area contributed by atoms with E-state index in [1.807, 2.05) is 6.07 Å². The summed E-state index contributed by atoms with van der Waals surface area (Å²) in [5.41, 5.74) is 6.44. The molecule has 2 aromatic rings. The number of ether oxygens (including phenoxy) is 1. The molecule has 1 atom stereocenters. The number of aromatic carboxylic acids is 1. The zero-order chi connectivity index (χ0) is 19.6. The molecule has 0 aliphatic carbocycles. The molecule has 138 valence electrons. The summed E-state index contributed by atoms with van der Waals surface area (Å²) in [6.45, 7) is 0.320. The van der Waals surface area contributed by atoms with Gasteiger partial charge in [-0.2, -0.15) is 10.2 Å². The lowest BCUT2D eigenvalue weighted by Gasteiger charge is -2.30. The van der Waals surface area contributed by atoms with Crippen LogP contribution in [0, 0.1) is 11.3 Å². The van der Waals surface area contributed by atoms with E-state index < -0.39 is 12.1 Å². The number of nitrogens with two attached hydrogens (primary N) is 1. The van der Waals surface area contributed by atoms with Gasteiger partial charge >= 0.3 is 5.97 Å². The van der Waals surface area contributed by atoms with Crippen LogP contribution in [0.5, 0.6) is 5.88 Å². The molecule has 0 saturated carbocycles. The molecule has 1 unspecified atom stereocenters. The molecule has 9 heteroatoms. The number of hydrogen-bond donors (Lipinski definition) is 2. The van der Waals surface area contributed by atoms with E-state index in [-0.39, 0.29) is 29.0 Å². The van der Waals surface area contributed by atoms with Crippen molar-refractivity contribution in [3.63, 3.8) is 0 Å². The molecule has 27 heavy (non-hydrogen) atoms. The fourth-order valence-electron chi connectivity index (χ4n) is 2.83. The van der Waals surface area contributed by atoms with Crippen molar-refractivity contribution >= 4 is 17.7 Å². The van der Waals surface area contributed by atoms with Gasteiger partial charge < -0.3 is 20.5 Å². The Hall–Kier alpha value is -3.67. The van der Waals surface area contributed by atoms with E-state index in [2.05, 4.69) is 9.97 Å². The molecule has 3 N–H and O–H groups in total. The van der Waals surface area contributed by atoms with Gasteiger partial charge in [0.2, 0.25) is 11.8 Å². The third-order valence-electron chi connectivity index (χ3n) is 4.23. The van der Waals surface area contributed by atoms with Crippen molar-refractivity contribution in [2.75, 3.05) is 19.3 Å². The third-order valence-corrected chi connectivity index (χ3v) is 4.23. The maximum absolute atomic E-state index is 11.6. The summed E-state index contributed by atoms with van der Waals surface area (Å²) in [6, 6.07) is 8.58. The number of piperidine rings is 1. The van der Waals surface area contributed by atoms with Gasteiger partial charge in [0.05, 0.1) is 18.2 Å². The summed E-state index contributed by atoms with van der Waals surface area (Å²) in [6.07, 6.45) is 0.352. The summed E-state index contributed by atoms with van der Waals surface area (Å²) >= 11 is 0. The second kappa shape index (κ2) is 7.29. The Morgan fingerprint density at radius 2 is 2.22 bits per heavy atom. The topological polar surface area (TPSA) is 142 Å². The molecule has 2 heterocycles. The van der Waals surface area contributed by atoms with Crippen LogP contribution in [0.25, 0.3) is 11.4 Å². The van der Waals surface area contributed by atoms with Crippen molar-refractivity contribution in [1.29, 1.82) is 5.26 Å². The minimum Gasteiger partial charge on any atom is -0.477 e. The monoisotopic (exact) mass is 367 g/mol. The van der Waals surface area contributed by atoms with Crippen LogP contribution in [0.15, 0.2) is 24.3 Å². The first-order valence-electron chi connectivity index (χ1n) is 8.21. The highest BCUT2D eigenvalue weighted by molar-refractivity contribution is 5.95. The lowest BCUT2D eigenvalue weighted by atomic mass is 10.1. The third kappa shape index (κ3) is 3.79. The van der Waals surface area contributed by atoms with Crippen molar-refractivity contribution in [1.82, 2.24) is 14.9 Å². The smallest absolute Gasteiger partial charge is 0.345 e. The number of rotatable bonds is 4. The Morgan fingerprint density at radius 3 is 2.89 bits per heavy atom. The van der Waals surface area contributed by atoms with Gasteiger partial charge in [-0.25, -0.2) is 9.78 Å². The number of carbonyl (C=O) groups is 2. The van der Waals surface area contributed by atoms with E-state index in [1.165, 1.54) is 4.90 Å². The highest BCUT2D eigenvalue weighted by atomic mass is 16.5. The first-order valence-corrected chi connectivity index (χ1v) is 8.21. The first-order chi connectivity index (χ1) is 12.9. The van der Waals surface area contributed by atoms with Gasteiger partial charge in [0.1, 0.15) is 11.9 Å². The molecular weight excluding hydrogens is 350 g/mol. The van der Waals surface area contributed by atoms with E-state index in [4.69, 9.17) is 15.7 Å². The number of likely N-dealkylation sites (N-methyl/N-ethyl adjacent to an activating group) is 1. The van der Waals surface area contributed by atoms with Crippen LogP contribution in [0.2, 0.25) is 0 Å². The average molecular weight is 367 g/mol. The predicted molar refractivity (Wildman–Crippen MR) is 94.8 cm³/mol. The van der Waals surface area contributed by atoms with Crippen molar-refractivity contribution < 1.29 is 19.4 Å². The Morgan fingerprint density at radius 1 is 1.44 bits per heavy atom. The number of nitrogen functional groups attached to an aromatic ring is 1. The lowest BCUT2D eigenvalue weighted by molar-refractivity contribution is -0.134. The van der Waals surface area contributed by atoms with Crippen LogP contribution in [-0.4, -0.2) is 51.5 Å². The zero-order valence-corrected chi connectivity index (χ0v) is 14.5. The number of benzene rings is 1. The number of nitrogens with zero attached hydrogens (tertiary/aromatic N) is 4. The van der Waals surface area contributed by atoms with Crippen molar-refractivity contribution in [2.45, 2.75) is 18.9 Å². The van der Waals surface area contributed by atoms with Crippen LogP contribution >= 0.6 is 0 Å². The molecule has 1 saturated heterocycles. The highest BCUT2D eigenvalue weighted by Gasteiger charge is 2.28. The molecule has 1 aliphatic rings. The van der Waals surface area contributed by atoms with Gasteiger partial charge in [-0.3, -0.25) is 4.79 Å². The molecule has 0 radical (unpaired) electrons. The van der Waals surface area contributed by atoms with Crippen molar-refractivity contribution in [3.8, 4) is 23.3 Å². The summed E-state index contributed by atoms with van der Waals surface area (Å²) < 4.78 is 5.80. The van der Waals surface area contributed by atoms with E-state index in [1.54, 1.807) is 31.3 Å². The van der Waals surface area contributed by atoms with Gasteiger partial charge in [0, 0.05) is 19.0 Å². The number of anilines is 1. The fourth-order valence-corrected chi connectivity index (χ4v) is 2.83. The van der Waals surface area contributed by atoms with Gasteiger partial charge in [-0.1, -0.05) is 12.1 Å². The second-order valence-electron chi connectivity index (χ2n) is 6.16. The molecule has 0 bridgehead atoms. The molecule has 1 aromatic heterocycles. The van der Waals surface area contributed by atoms with Gasteiger partial charge in [0.15, 0.2) is 11.4 Å². The van der Waals surface area contributed by atoms with E-state index in [0.29, 0.717) is 30.5 Å². The van der Waals surface area contributed by atoms with Crippen LogP contribution in [0.4, 0.5) is 5.82 Å². The van der Waals surface area contributed by atoms with Gasteiger partial charge in [0.25, 0.3) is 0 Å². The maximum atomic E-state index is 11.6. The molecular formula is C18H17N5O4. The van der Waals surface area contributed by atoms with Gasteiger partial charge in [-0.05, 0) is 18.6 Å². The number of carbonyl (C=O) groups excluding carboxylic acids is 1. The van der Waals surface area contributed by atoms with Crippen LogP contribution in [-0.2, 0) is 4.79 Å². The second-order valence-corrected chi connectivity index (χ2v) is 6.16. The number of hydrogen-bond acceptors (Lipinski definition) is 7. The number of likely N-dealkylation sites (tertiary alicyclic amines) is 1. The summed E-state index contributed by atoms with van der Waals surface area (Å²) in [7, 11) is 1.66. The van der Waals surface area contributed by atoms with Crippen molar-refractivity contribution in [2.24, 2.45) is 0 Å². The largest absolute Gasteiger partial charge is 0.477 e. The molecule has 1 aliphatic heterocycles. The predicted octanol–water partition coefficient (Wildman–Crippen LogP) is 1.30. The first kappa shape index (κ1) is 18.1. The fraction of sp³-hybridized carbons (Fsp3) is 0.278. The molecule has 1 fully saturated rings. The quantitative estimate of drug-likeness (QED) is 0.823. The van der Waals surface area contributed by atoms with Gasteiger partial charge in [-0.15, -0.1) is 0 Å². The minimum atomic E-state index is -1.31. The molecule has 9 nitrogen and oxygen atoms in total. The van der Waals surface area contributed by atoms with E-state index >= 15 is 0 Å². The molecule has 3 rings (SSSR count). The van der Waals surface area contributed by atoms with Crippen LogP contribution < -0.4 is 10.5 Å².